The molecule has 36 heavy (non-hydrogen) atoms. The van der Waals surface area contributed by atoms with Crippen molar-refractivity contribution in [3.63, 3.8) is 0 Å². The van der Waals surface area contributed by atoms with Gasteiger partial charge in [0, 0.05) is 30.3 Å². The van der Waals surface area contributed by atoms with E-state index in [1.807, 2.05) is 0 Å². The van der Waals surface area contributed by atoms with Crippen molar-refractivity contribution in [3.05, 3.63) is 54.4 Å². The SMILES string of the molecule is C[C@H]1C(=O)NC[C@@H]1C(=O)Nc1cc(-c2cccc(OC(F)(F)F)c2)n(-c2cncc(C(F)(F)F)c2)n1. The number of carbonyl (C=O) groups is 2. The summed E-state index contributed by atoms with van der Waals surface area (Å²) >= 11 is 0. The molecule has 2 aromatic heterocycles. The van der Waals surface area contributed by atoms with Gasteiger partial charge in [0.15, 0.2) is 5.82 Å². The quantitative estimate of drug-likeness (QED) is 0.499. The zero-order chi connectivity index (χ0) is 26.3. The Labute approximate surface area is 199 Å². The van der Waals surface area contributed by atoms with Crippen LogP contribution in [0.1, 0.15) is 12.5 Å². The van der Waals surface area contributed by atoms with E-state index in [0.29, 0.717) is 6.20 Å². The molecule has 190 valence electrons. The molecule has 1 aliphatic heterocycles. The summed E-state index contributed by atoms with van der Waals surface area (Å²) in [5, 5.41) is 9.22. The Bertz CT molecular complexity index is 1300. The topological polar surface area (TPSA) is 98.1 Å². The molecule has 8 nitrogen and oxygen atoms in total. The van der Waals surface area contributed by atoms with E-state index in [0.717, 1.165) is 29.1 Å². The van der Waals surface area contributed by atoms with Crippen molar-refractivity contribution in [1.82, 2.24) is 20.1 Å². The highest BCUT2D eigenvalue weighted by atomic mass is 19.4. The smallest absolute Gasteiger partial charge is 0.406 e. The van der Waals surface area contributed by atoms with Crippen LogP contribution in [-0.2, 0) is 15.8 Å². The van der Waals surface area contributed by atoms with Crippen LogP contribution in [-0.4, -0.2) is 39.5 Å². The fourth-order valence-corrected chi connectivity index (χ4v) is 3.67. The van der Waals surface area contributed by atoms with Gasteiger partial charge >= 0.3 is 12.5 Å². The molecule has 0 spiro atoms. The number of hydrogen-bond acceptors (Lipinski definition) is 5. The second-order valence-corrected chi connectivity index (χ2v) is 7.96. The number of benzene rings is 1. The fourth-order valence-electron chi connectivity index (χ4n) is 3.67. The van der Waals surface area contributed by atoms with E-state index in [2.05, 4.69) is 25.5 Å². The third-order valence-electron chi connectivity index (χ3n) is 5.47. The maximum atomic E-state index is 13.3. The molecule has 4 rings (SSSR count). The highest BCUT2D eigenvalue weighted by Crippen LogP contribution is 2.33. The first-order valence-corrected chi connectivity index (χ1v) is 10.4. The number of aromatic nitrogens is 3. The Hall–Kier alpha value is -4.10. The van der Waals surface area contributed by atoms with Gasteiger partial charge in [-0.1, -0.05) is 19.1 Å². The Morgan fingerprint density at radius 2 is 1.89 bits per heavy atom. The molecule has 1 fully saturated rings. The fraction of sp³-hybridized carbons (Fsp3) is 0.273. The Morgan fingerprint density at radius 3 is 2.53 bits per heavy atom. The normalized spacial score (nSPS) is 18.1. The van der Waals surface area contributed by atoms with Crippen molar-refractivity contribution in [2.75, 3.05) is 11.9 Å². The van der Waals surface area contributed by atoms with Crippen molar-refractivity contribution in [2.45, 2.75) is 19.5 Å². The molecule has 1 saturated heterocycles. The zero-order valence-electron chi connectivity index (χ0n) is 18.3. The van der Waals surface area contributed by atoms with Gasteiger partial charge in [0.1, 0.15) is 5.75 Å². The first-order chi connectivity index (χ1) is 16.8. The molecular weight excluding hydrogens is 496 g/mol. The predicted molar refractivity (Wildman–Crippen MR) is 113 cm³/mol. The minimum Gasteiger partial charge on any atom is -0.406 e. The summed E-state index contributed by atoms with van der Waals surface area (Å²) in [6.45, 7) is 1.66. The minimum atomic E-state index is -4.97. The van der Waals surface area contributed by atoms with Gasteiger partial charge in [-0.15, -0.1) is 18.3 Å². The molecule has 0 unspecified atom stereocenters. The van der Waals surface area contributed by atoms with Gasteiger partial charge < -0.3 is 15.4 Å². The van der Waals surface area contributed by atoms with Crippen molar-refractivity contribution in [2.24, 2.45) is 11.8 Å². The largest absolute Gasteiger partial charge is 0.573 e. The van der Waals surface area contributed by atoms with Crippen LogP contribution < -0.4 is 15.4 Å². The first-order valence-electron chi connectivity index (χ1n) is 10.4. The number of rotatable bonds is 5. The van der Waals surface area contributed by atoms with E-state index in [1.54, 1.807) is 6.92 Å². The monoisotopic (exact) mass is 513 g/mol. The third-order valence-corrected chi connectivity index (χ3v) is 5.47. The molecule has 0 saturated carbocycles. The van der Waals surface area contributed by atoms with Crippen LogP contribution in [0.25, 0.3) is 16.9 Å². The average molecular weight is 513 g/mol. The Kier molecular flexibility index (Phi) is 6.37. The Balaban J connectivity index is 1.76. The van der Waals surface area contributed by atoms with Crippen LogP contribution in [0.2, 0.25) is 0 Å². The Morgan fingerprint density at radius 1 is 1.14 bits per heavy atom. The summed E-state index contributed by atoms with van der Waals surface area (Å²) < 4.78 is 82.8. The van der Waals surface area contributed by atoms with E-state index in [9.17, 15) is 35.9 Å². The summed E-state index contributed by atoms with van der Waals surface area (Å²) in [4.78, 5) is 28.0. The van der Waals surface area contributed by atoms with Gasteiger partial charge in [0.05, 0.1) is 29.1 Å². The van der Waals surface area contributed by atoms with Crippen molar-refractivity contribution in [1.29, 1.82) is 0 Å². The predicted octanol–water partition coefficient (Wildman–Crippen LogP) is 4.17. The lowest BCUT2D eigenvalue weighted by Gasteiger charge is -2.12. The molecule has 1 aliphatic rings. The second kappa shape index (κ2) is 9.17. The number of alkyl halides is 6. The maximum absolute atomic E-state index is 13.3. The molecule has 2 amide bonds. The third kappa shape index (κ3) is 5.42. The standard InChI is InChI=1S/C22H17F6N5O3/c1-11-16(10-30-19(11)34)20(35)31-18-7-17(12-3-2-4-15(5-12)36-22(26,27)28)33(32-18)14-6-13(8-29-9-14)21(23,24)25/h2-9,11,16H,10H2,1H3,(H,30,34)(H,31,32,35)/t11-,16+/m1/s1. The van der Waals surface area contributed by atoms with Gasteiger partial charge in [-0.25, -0.2) is 4.68 Å². The number of pyridine rings is 1. The van der Waals surface area contributed by atoms with Crippen LogP contribution in [0.4, 0.5) is 32.2 Å². The zero-order valence-corrected chi connectivity index (χ0v) is 18.3. The summed E-state index contributed by atoms with van der Waals surface area (Å²) in [6, 6.07) is 6.76. The molecule has 1 aromatic carbocycles. The summed E-state index contributed by atoms with van der Waals surface area (Å²) in [5.74, 6) is -2.86. The number of hydrogen-bond donors (Lipinski definition) is 2. The number of nitrogens with one attached hydrogen (secondary N) is 2. The molecule has 14 heteroatoms. The number of ether oxygens (including phenoxy) is 1. The molecule has 0 bridgehead atoms. The van der Waals surface area contributed by atoms with Crippen LogP contribution in [0.5, 0.6) is 5.75 Å². The van der Waals surface area contributed by atoms with Crippen LogP contribution in [0.3, 0.4) is 0 Å². The van der Waals surface area contributed by atoms with Crippen LogP contribution in [0, 0.1) is 11.8 Å². The van der Waals surface area contributed by atoms with Gasteiger partial charge in [-0.3, -0.25) is 14.6 Å². The van der Waals surface area contributed by atoms with E-state index in [4.69, 9.17) is 0 Å². The van der Waals surface area contributed by atoms with E-state index >= 15 is 0 Å². The molecule has 0 radical (unpaired) electrons. The van der Waals surface area contributed by atoms with E-state index < -0.39 is 41.6 Å². The van der Waals surface area contributed by atoms with Crippen LogP contribution >= 0.6 is 0 Å². The molecule has 2 N–H and O–H groups in total. The molecule has 2 atom stereocenters. The lowest BCUT2D eigenvalue weighted by atomic mass is 9.97. The molecule has 0 aliphatic carbocycles. The summed E-state index contributed by atoms with van der Waals surface area (Å²) in [6.07, 6.45) is -7.99. The average Bonchev–Trinajstić information content (AvgIpc) is 3.35. The number of anilines is 1. The maximum Gasteiger partial charge on any atom is 0.573 e. The van der Waals surface area contributed by atoms with Crippen LogP contribution in [0.15, 0.2) is 48.8 Å². The lowest BCUT2D eigenvalue weighted by molar-refractivity contribution is -0.274. The highest BCUT2D eigenvalue weighted by molar-refractivity contribution is 5.98. The van der Waals surface area contributed by atoms with Crippen molar-refractivity contribution < 1.29 is 40.7 Å². The lowest BCUT2D eigenvalue weighted by Crippen LogP contribution is -2.28. The number of nitrogens with zero attached hydrogens (tertiary/aromatic N) is 3. The van der Waals surface area contributed by atoms with Gasteiger partial charge in [0.2, 0.25) is 11.8 Å². The molecule has 3 aromatic rings. The highest BCUT2D eigenvalue weighted by Gasteiger charge is 2.36. The van der Waals surface area contributed by atoms with Crippen molar-refractivity contribution in [3.8, 4) is 22.7 Å². The first kappa shape index (κ1) is 25.0. The van der Waals surface area contributed by atoms with E-state index in [-0.39, 0.29) is 35.2 Å². The minimum absolute atomic E-state index is 0.0488. The second-order valence-electron chi connectivity index (χ2n) is 7.96. The van der Waals surface area contributed by atoms with Gasteiger partial charge in [-0.2, -0.15) is 13.2 Å². The van der Waals surface area contributed by atoms with Gasteiger partial charge in [0.25, 0.3) is 0 Å². The number of halogens is 6. The van der Waals surface area contributed by atoms with E-state index in [1.165, 1.54) is 18.2 Å². The summed E-state index contributed by atoms with van der Waals surface area (Å²) in [5.41, 5.74) is -1.08. The molecular formula is C22H17F6N5O3. The number of carbonyl (C=O) groups excluding carboxylic acids is 2. The van der Waals surface area contributed by atoms with Gasteiger partial charge in [-0.05, 0) is 18.2 Å². The van der Waals surface area contributed by atoms with Crippen molar-refractivity contribution >= 4 is 17.6 Å². The number of amides is 2. The molecule has 3 heterocycles. The summed E-state index contributed by atoms with van der Waals surface area (Å²) in [7, 11) is 0.